The van der Waals surface area contributed by atoms with Gasteiger partial charge in [-0.25, -0.2) is 0 Å². The summed E-state index contributed by atoms with van der Waals surface area (Å²) in [6, 6.07) is 0. The number of hydrogen-bond acceptors (Lipinski definition) is 26. The van der Waals surface area contributed by atoms with Crippen LogP contribution in [0.25, 0.3) is 0 Å². The minimum atomic E-state index is -6.47. The second-order valence-corrected chi connectivity index (χ2v) is 19.9. The molecule has 0 amide bonds. The van der Waals surface area contributed by atoms with Crippen LogP contribution in [0.3, 0.4) is 0 Å². The number of hydrogen-bond donors (Lipinski definition) is 2. The predicted octanol–water partition coefficient (Wildman–Crippen LogP) is 4.55. The van der Waals surface area contributed by atoms with Gasteiger partial charge in [-0.2, -0.15) is 61.5 Å². The van der Waals surface area contributed by atoms with E-state index in [2.05, 4.69) is 0 Å². The SMILES string of the molecule is OC(COCCOCCOCCOCCOCCOCCOCCOCCOCCOCCOCCOCCOCCOCCOCCOCCOCCOCCOCCOCCOCCOCCOCCOCC(O)CC(F)(F)C(F)(F)C(F)(F)F)CC(F)(F)C(F)(F)C(F)(F)F. The van der Waals surface area contributed by atoms with Crippen LogP contribution in [0.4, 0.5) is 61.5 Å². The highest BCUT2D eigenvalue weighted by molar-refractivity contribution is 4.93. The smallest absolute Gasteiger partial charge is 0.390 e. The Bertz CT molecular complexity index is 1570. The molecule has 0 aromatic heterocycles. The minimum Gasteiger partial charge on any atom is -0.390 e. The molecule has 0 saturated carbocycles. The zero-order valence-corrected chi connectivity index (χ0v) is 55.5. The van der Waals surface area contributed by atoms with E-state index in [4.69, 9.17) is 114 Å². The maximum atomic E-state index is 13.3. The molecular formula is C58H104F14O26. The lowest BCUT2D eigenvalue weighted by molar-refractivity contribution is -0.358. The molecule has 0 bridgehead atoms. The summed E-state index contributed by atoms with van der Waals surface area (Å²) in [6.07, 6.45) is -21.7. The molecular weight excluding hydrogens is 1380 g/mol. The van der Waals surface area contributed by atoms with Crippen LogP contribution in [0, 0.1) is 0 Å². The Kier molecular flexibility index (Phi) is 63.2. The van der Waals surface area contributed by atoms with E-state index >= 15 is 0 Å². The quantitative estimate of drug-likeness (QED) is 0.0625. The second kappa shape index (κ2) is 64.6. The minimum absolute atomic E-state index is 0.0673. The van der Waals surface area contributed by atoms with Crippen molar-refractivity contribution in [1.29, 1.82) is 0 Å². The van der Waals surface area contributed by atoms with Crippen molar-refractivity contribution in [2.45, 2.75) is 61.1 Å². The number of rotatable bonds is 79. The van der Waals surface area contributed by atoms with Crippen molar-refractivity contribution in [2.75, 3.05) is 317 Å². The van der Waals surface area contributed by atoms with Crippen molar-refractivity contribution in [3.8, 4) is 0 Å². The standard InChI is InChI=1S/C58H104F14O26/c59-53(60,55(63,64)57(67,68)69)47-51(73)49-97-45-43-95-41-39-93-37-35-91-33-31-89-29-27-87-25-23-85-21-19-83-17-15-81-13-11-79-9-7-77-5-3-75-1-2-76-4-6-78-8-10-80-12-14-82-16-18-84-20-22-86-24-26-88-28-30-90-32-34-92-36-38-94-40-42-96-44-46-98-50-52(74)48-54(61,62)56(65,66)58(70,71)72/h51-52,73-74H,1-50H2. The van der Waals surface area contributed by atoms with Crippen LogP contribution >= 0.6 is 0 Å². The molecule has 0 saturated heterocycles. The normalized spacial score (nSPS) is 13.6. The van der Waals surface area contributed by atoms with Crippen molar-refractivity contribution >= 4 is 0 Å². The van der Waals surface area contributed by atoms with Gasteiger partial charge in [0.25, 0.3) is 0 Å². The number of ether oxygens (including phenoxy) is 24. The van der Waals surface area contributed by atoms with E-state index in [0.717, 1.165) is 0 Å². The summed E-state index contributed by atoms with van der Waals surface area (Å²) in [5.41, 5.74) is 0. The van der Waals surface area contributed by atoms with Crippen LogP contribution in [0.2, 0.25) is 0 Å². The Balaban J connectivity index is 3.21. The van der Waals surface area contributed by atoms with Crippen molar-refractivity contribution in [3.63, 3.8) is 0 Å². The fraction of sp³-hybridized carbons (Fsp3) is 1.00. The molecule has 40 heteroatoms. The summed E-state index contributed by atoms with van der Waals surface area (Å²) in [6.45, 7) is 13.1. The molecule has 0 heterocycles. The Hall–Kier alpha value is -2.02. The molecule has 0 aromatic carbocycles. The Morgan fingerprint density at radius 3 is 0.347 bits per heavy atom. The molecule has 0 spiro atoms. The second-order valence-electron chi connectivity index (χ2n) is 19.9. The summed E-state index contributed by atoms with van der Waals surface area (Å²) in [5, 5.41) is 18.8. The number of aliphatic hydroxyl groups excluding tert-OH is 2. The van der Waals surface area contributed by atoms with E-state index in [0.29, 0.717) is 238 Å². The first-order chi connectivity index (χ1) is 47.0. The first kappa shape index (κ1) is 96.0. The van der Waals surface area contributed by atoms with Gasteiger partial charge in [-0.05, 0) is 0 Å². The highest BCUT2D eigenvalue weighted by atomic mass is 19.4. The molecule has 0 fully saturated rings. The molecule has 590 valence electrons. The Morgan fingerprint density at radius 1 is 0.163 bits per heavy atom. The zero-order valence-electron chi connectivity index (χ0n) is 55.5. The maximum absolute atomic E-state index is 13.3. The topological polar surface area (TPSA) is 262 Å². The molecule has 0 aliphatic heterocycles. The lowest BCUT2D eigenvalue weighted by Gasteiger charge is -2.29. The monoisotopic (exact) mass is 1480 g/mol. The third-order valence-electron chi connectivity index (χ3n) is 11.8. The van der Waals surface area contributed by atoms with Crippen LogP contribution in [0.15, 0.2) is 0 Å². The average Bonchev–Trinajstić information content (AvgIpc) is 0.789. The van der Waals surface area contributed by atoms with Crippen molar-refractivity contribution < 1.29 is 185 Å². The number of aliphatic hydroxyl groups is 2. The fourth-order valence-corrected chi connectivity index (χ4v) is 6.78. The van der Waals surface area contributed by atoms with E-state index in [1.165, 1.54) is 0 Å². The van der Waals surface area contributed by atoms with E-state index in [-0.39, 0.29) is 66.1 Å². The third-order valence-corrected chi connectivity index (χ3v) is 11.8. The Morgan fingerprint density at radius 2 is 0.255 bits per heavy atom. The zero-order chi connectivity index (χ0) is 72.5. The number of alkyl halides is 14. The molecule has 0 aliphatic carbocycles. The first-order valence-corrected chi connectivity index (χ1v) is 31.9. The molecule has 0 radical (unpaired) electrons. The summed E-state index contributed by atoms with van der Waals surface area (Å²) in [4.78, 5) is 0. The van der Waals surface area contributed by atoms with Gasteiger partial charge >= 0.3 is 36.0 Å². The molecule has 2 unspecified atom stereocenters. The maximum Gasteiger partial charge on any atom is 0.459 e. The molecule has 26 nitrogen and oxygen atoms in total. The van der Waals surface area contributed by atoms with Gasteiger partial charge in [0, 0.05) is 12.8 Å². The third kappa shape index (κ3) is 57.4. The van der Waals surface area contributed by atoms with Crippen LogP contribution in [0.1, 0.15) is 12.8 Å². The van der Waals surface area contributed by atoms with Gasteiger partial charge in [-0.3, -0.25) is 0 Å². The van der Waals surface area contributed by atoms with Crippen LogP contribution in [-0.4, -0.2) is 376 Å². The predicted molar refractivity (Wildman–Crippen MR) is 313 cm³/mol. The molecule has 0 rings (SSSR count). The first-order valence-electron chi connectivity index (χ1n) is 31.9. The van der Waals surface area contributed by atoms with Crippen LogP contribution < -0.4 is 0 Å². The van der Waals surface area contributed by atoms with Gasteiger partial charge in [-0.1, -0.05) is 0 Å². The molecule has 98 heavy (non-hydrogen) atoms. The van der Waals surface area contributed by atoms with Gasteiger partial charge < -0.3 is 124 Å². The number of halogens is 14. The fourth-order valence-electron chi connectivity index (χ4n) is 6.78. The van der Waals surface area contributed by atoms with Crippen LogP contribution in [-0.2, 0) is 114 Å². The summed E-state index contributed by atoms with van der Waals surface area (Å²) >= 11 is 0. The van der Waals surface area contributed by atoms with E-state index in [1.54, 1.807) is 0 Å². The van der Waals surface area contributed by atoms with Gasteiger partial charge in [0.05, 0.1) is 329 Å². The molecule has 2 N–H and O–H groups in total. The van der Waals surface area contributed by atoms with Crippen molar-refractivity contribution in [1.82, 2.24) is 0 Å². The highest BCUT2D eigenvalue weighted by Gasteiger charge is 2.74. The summed E-state index contributed by atoms with van der Waals surface area (Å²) < 4.78 is 307. The average molecular weight is 1480 g/mol. The van der Waals surface area contributed by atoms with E-state index < -0.39 is 74.3 Å². The van der Waals surface area contributed by atoms with Gasteiger partial charge in [-0.15, -0.1) is 0 Å². The molecule has 2 atom stereocenters. The van der Waals surface area contributed by atoms with E-state index in [1.807, 2.05) is 0 Å². The van der Waals surface area contributed by atoms with Gasteiger partial charge in [0.2, 0.25) is 0 Å². The van der Waals surface area contributed by atoms with E-state index in [9.17, 15) is 71.7 Å². The van der Waals surface area contributed by atoms with Gasteiger partial charge in [0.15, 0.2) is 0 Å². The van der Waals surface area contributed by atoms with Gasteiger partial charge in [0.1, 0.15) is 0 Å². The van der Waals surface area contributed by atoms with Crippen LogP contribution in [0.5, 0.6) is 0 Å². The molecule has 0 aromatic rings. The largest absolute Gasteiger partial charge is 0.459 e. The Labute approximate surface area is 562 Å². The van der Waals surface area contributed by atoms with Crippen molar-refractivity contribution in [3.05, 3.63) is 0 Å². The van der Waals surface area contributed by atoms with Crippen molar-refractivity contribution in [2.24, 2.45) is 0 Å². The highest BCUT2D eigenvalue weighted by Crippen LogP contribution is 2.49. The molecule has 0 aliphatic rings. The lowest BCUT2D eigenvalue weighted by Crippen LogP contribution is -2.53. The summed E-state index contributed by atoms with van der Waals surface area (Å²) in [7, 11) is 0. The summed E-state index contributed by atoms with van der Waals surface area (Å²) in [5.74, 6) is -23.6. The lowest BCUT2D eigenvalue weighted by atomic mass is 10.0.